The molecule has 0 unspecified atom stereocenters. The number of hydrogen-bond acceptors (Lipinski definition) is 20. The molecule has 28 nitrogen and oxygen atoms in total. The van der Waals surface area contributed by atoms with Crippen molar-refractivity contribution in [2.45, 2.75) is 137 Å². The van der Waals surface area contributed by atoms with Crippen molar-refractivity contribution in [1.82, 2.24) is 47.3 Å². The summed E-state index contributed by atoms with van der Waals surface area (Å²) in [4.78, 5) is 121. The first-order valence-electron chi connectivity index (χ1n) is 33.4. The lowest BCUT2D eigenvalue weighted by atomic mass is 9.54. The van der Waals surface area contributed by atoms with E-state index in [-0.39, 0.29) is 108 Å². The summed E-state index contributed by atoms with van der Waals surface area (Å²) in [5.74, 6) is -13.7. The molecule has 536 valence electrons. The zero-order valence-electron chi connectivity index (χ0n) is 55.7. The molecule has 6 aromatic rings. The fraction of sp³-hybridized carbons (Fsp3) is 0.389. The quantitative estimate of drug-likeness (QED) is 0.0769. The Kier molecular flexibility index (Phi) is 19.0. The molecule has 5 aliphatic heterocycles. The van der Waals surface area contributed by atoms with E-state index in [2.05, 4.69) is 42.5 Å². The molecule has 0 aromatic heterocycles. The Balaban J connectivity index is 0.966. The number of sulfonamides is 1. The Morgan fingerprint density at radius 1 is 0.667 bits per heavy atom. The normalized spacial score (nSPS) is 26.4. The predicted molar refractivity (Wildman–Crippen MR) is 362 cm³/mol. The van der Waals surface area contributed by atoms with Crippen LogP contribution in [0.5, 0.6) is 40.2 Å². The Labute approximate surface area is 589 Å². The number of aliphatic hydroxyl groups excluding tert-OH is 2. The number of phenolic OH excluding ortho intramolecular Hbond substituents is 2. The van der Waals surface area contributed by atoms with Crippen molar-refractivity contribution in [2.24, 2.45) is 29.6 Å². The van der Waals surface area contributed by atoms with Gasteiger partial charge >= 0.3 is 0 Å². The highest BCUT2D eigenvalue weighted by atomic mass is 35.5. The summed E-state index contributed by atoms with van der Waals surface area (Å²) in [5, 5.41) is 94.2. The van der Waals surface area contributed by atoms with Gasteiger partial charge in [0.1, 0.15) is 71.5 Å². The minimum Gasteiger partial charge on any atom is -0.508 e. The van der Waals surface area contributed by atoms with Crippen LogP contribution in [0.2, 0.25) is 5.02 Å². The van der Waals surface area contributed by atoms with Gasteiger partial charge in [-0.15, -0.1) is 0 Å². The monoisotopic (exact) mass is 1440 g/mol. The van der Waals surface area contributed by atoms with E-state index in [1.807, 2.05) is 18.6 Å². The zero-order valence-corrected chi connectivity index (χ0v) is 57.3. The van der Waals surface area contributed by atoms with Crippen LogP contribution in [0.4, 0.5) is 0 Å². The molecule has 0 radical (unpaired) electrons. The number of phenols is 2. The highest BCUT2D eigenvalue weighted by Crippen LogP contribution is 2.55. The summed E-state index contributed by atoms with van der Waals surface area (Å²) in [6.45, 7) is 5.22. The third kappa shape index (κ3) is 13.5. The van der Waals surface area contributed by atoms with Crippen molar-refractivity contribution in [2.75, 3.05) is 14.2 Å². The first kappa shape index (κ1) is 70.6. The lowest BCUT2D eigenvalue weighted by Crippen LogP contribution is -2.59. The molecule has 15 bridgehead atoms. The number of amides is 8. The van der Waals surface area contributed by atoms with Crippen molar-refractivity contribution in [3.8, 4) is 51.4 Å². The summed E-state index contributed by atoms with van der Waals surface area (Å²) in [5.41, 5.74) is -1.28. The molecule has 9 atom stereocenters. The first-order valence-corrected chi connectivity index (χ1v) is 35.3. The molecule has 16 rings (SSSR count). The number of aliphatic hydroxyl groups is 4. The molecule has 4 saturated carbocycles. The molecule has 0 spiro atoms. The van der Waals surface area contributed by atoms with Crippen molar-refractivity contribution >= 4 is 68.9 Å². The Hall–Kier alpha value is -9.88. The highest BCUT2D eigenvalue weighted by molar-refractivity contribution is 7.90. The number of nitrogens with one attached hydrogen (secondary N) is 9. The molecule has 8 amide bonds. The second-order valence-corrected chi connectivity index (χ2v) is 29.9. The van der Waals surface area contributed by atoms with Crippen molar-refractivity contribution < 1.29 is 91.6 Å². The number of likely N-dealkylation sites (N-methyl/N-ethyl adjacent to an activating group) is 1. The van der Waals surface area contributed by atoms with Crippen LogP contribution in [0.25, 0.3) is 11.1 Å². The minimum absolute atomic E-state index is 0.00198. The molecule has 4 fully saturated rings. The van der Waals surface area contributed by atoms with E-state index >= 15 is 28.8 Å². The number of methoxy groups -OCH3 is 1. The number of rotatable bonds is 12. The second-order valence-electron chi connectivity index (χ2n) is 27.8. The molecule has 10 aliphatic rings. The maximum Gasteiger partial charge on any atom is 0.264 e. The highest BCUT2D eigenvalue weighted by Gasteiger charge is 2.51. The van der Waals surface area contributed by atoms with Gasteiger partial charge in [0.25, 0.3) is 10.0 Å². The maximum atomic E-state index is 16.0. The number of benzene rings is 6. The van der Waals surface area contributed by atoms with Gasteiger partial charge in [-0.05, 0) is 205 Å². The van der Waals surface area contributed by atoms with Gasteiger partial charge < -0.3 is 87.4 Å². The number of halogens is 1. The van der Waals surface area contributed by atoms with E-state index in [0.717, 1.165) is 62.4 Å². The molecule has 5 heterocycles. The van der Waals surface area contributed by atoms with Gasteiger partial charge in [0, 0.05) is 17.2 Å². The fourth-order valence-corrected chi connectivity index (χ4v) is 16.9. The predicted octanol–water partition coefficient (Wildman–Crippen LogP) is 4.02. The van der Waals surface area contributed by atoms with Gasteiger partial charge in [-0.2, -0.15) is 0 Å². The van der Waals surface area contributed by atoms with Crippen LogP contribution >= 0.6 is 11.6 Å². The average molecular weight is 1440 g/mol. The van der Waals surface area contributed by atoms with E-state index < -0.39 is 152 Å². The molecule has 6 aromatic carbocycles. The van der Waals surface area contributed by atoms with Gasteiger partial charge in [0.2, 0.25) is 58.8 Å². The largest absolute Gasteiger partial charge is 0.508 e. The summed E-state index contributed by atoms with van der Waals surface area (Å²) < 4.78 is 47.4. The van der Waals surface area contributed by atoms with Crippen molar-refractivity contribution in [3.63, 3.8) is 0 Å². The van der Waals surface area contributed by atoms with E-state index in [9.17, 15) is 48.6 Å². The van der Waals surface area contributed by atoms with E-state index in [1.54, 1.807) is 0 Å². The van der Waals surface area contributed by atoms with Gasteiger partial charge in [0.05, 0.1) is 29.5 Å². The Bertz CT molecular complexity index is 4550. The Morgan fingerprint density at radius 2 is 1.28 bits per heavy atom. The maximum absolute atomic E-state index is 16.0. The third-order valence-electron chi connectivity index (χ3n) is 20.5. The summed E-state index contributed by atoms with van der Waals surface area (Å²) in [6, 6.07) is 6.94. The molecule has 102 heavy (non-hydrogen) atoms. The topological polar surface area (TPSA) is 428 Å². The van der Waals surface area contributed by atoms with Crippen LogP contribution in [0, 0.1) is 36.5 Å². The van der Waals surface area contributed by atoms with Crippen LogP contribution in [-0.2, 0) is 54.2 Å². The number of aromatic hydroxyl groups is 2. The van der Waals surface area contributed by atoms with Gasteiger partial charge in [-0.3, -0.25) is 38.4 Å². The second kappa shape index (κ2) is 27.5. The number of ether oxygens (including phenoxy) is 3. The summed E-state index contributed by atoms with van der Waals surface area (Å²) >= 11 is 6.99. The lowest BCUT2D eigenvalue weighted by Gasteiger charge is -2.54. The van der Waals surface area contributed by atoms with Crippen LogP contribution in [0.1, 0.15) is 134 Å². The number of fused-ring (bicyclic) bond motifs is 12. The van der Waals surface area contributed by atoms with Crippen LogP contribution in [0.3, 0.4) is 0 Å². The van der Waals surface area contributed by atoms with Gasteiger partial charge in [0.15, 0.2) is 11.5 Å². The molecule has 15 N–H and O–H groups in total. The third-order valence-corrected chi connectivity index (χ3v) is 22.2. The SMILES string of the molecule is CN[C@H](CC(C)C)C(=O)N[C@H]1C(=O)N[C@@H](CC(=O)NS(=O)(=O)c2ccc(OC)cc2)C(=O)N[C@H]2C(=O)N[C@H]3C(=O)N[C@H](C(=O)N[C@H](C(=O)NC4C5CC6CC(C5)CC4C6)c4cc(O)cc5c4-c4cc3ccc4C5(O)O)[C@H](O)c3ccc(c(Cl)c3)Oc3cc2cc(c3O)Oc2ccc(cc2C)[C@H]1O. The van der Waals surface area contributed by atoms with Crippen LogP contribution in [0.15, 0.2) is 108 Å². The van der Waals surface area contributed by atoms with E-state index in [4.69, 9.17) is 25.8 Å². The molecule has 0 saturated heterocycles. The number of carbonyl (C=O) groups is 8. The van der Waals surface area contributed by atoms with Crippen molar-refractivity contribution in [1.29, 1.82) is 0 Å². The summed E-state index contributed by atoms with van der Waals surface area (Å²) in [7, 11) is -1.94. The van der Waals surface area contributed by atoms with Gasteiger partial charge in [-0.25, -0.2) is 13.1 Å². The molecule has 5 aliphatic carbocycles. The lowest BCUT2D eigenvalue weighted by molar-refractivity contribution is -0.138. The zero-order chi connectivity index (χ0) is 72.7. The van der Waals surface area contributed by atoms with E-state index in [1.165, 1.54) is 93.9 Å². The van der Waals surface area contributed by atoms with Gasteiger partial charge in [-0.1, -0.05) is 49.7 Å². The number of hydrogen-bond donors (Lipinski definition) is 15. The van der Waals surface area contributed by atoms with Crippen LogP contribution in [-0.4, -0.2) is 131 Å². The van der Waals surface area contributed by atoms with E-state index in [0.29, 0.717) is 11.8 Å². The van der Waals surface area contributed by atoms with Crippen LogP contribution < -0.4 is 61.5 Å². The van der Waals surface area contributed by atoms with Crippen molar-refractivity contribution in [3.05, 3.63) is 153 Å². The smallest absolute Gasteiger partial charge is 0.264 e. The standard InChI is InChI=1S/C72H76ClN9O19S/c1-30(2)16-48(74-4)65(88)80-60-62(85)35-7-14-50(31(3)17-35)100-52-25-39-26-53(64(52)87)101-51-15-8-36(24-47(51)73)63(86)61-71(94)79-59(69(92)76-56-37-19-32-18-33(21-37)22-38(56)20-32)44-27-40(83)28-46-55(44)43-23-34(6-13-45(43)72(46,95)96)57(67(90)81-61)78-68(91)58(39)77-66(89)49(75-70(60)93)29-54(84)82-102(97,98)42-11-9-41(99-5)10-12-42/h6-15,17,23-28,30,32-33,37-38,48-49,56-63,74,83,85-87,95-96H,16,18-22,29H2,1-5H3,(H,75,93)(H,76,92)(H,77,89)(H,78,91)(H,79,94)(H,80,88)(H,81,90)(H,82,84)/t32?,33?,37?,38?,48-,49+,56?,57-,58-,59+,60-,61+,62-,63-/m1/s1. The summed E-state index contributed by atoms with van der Waals surface area (Å²) in [6.07, 6.45) is -0.465. The molecule has 30 heteroatoms. The first-order chi connectivity index (χ1) is 48.5. The number of aryl methyl sites for hydroxylation is 1. The molecular formula is C72H76ClN9O19S. The Morgan fingerprint density at radius 3 is 1.92 bits per heavy atom. The average Bonchev–Trinajstić information content (AvgIpc) is 1.54. The minimum atomic E-state index is -4.78. The fourth-order valence-electron chi connectivity index (χ4n) is 15.7. The number of carbonyl (C=O) groups excluding carboxylic acids is 8. The molecular weight excluding hydrogens is 1360 g/mol.